The molecular weight excluding hydrogens is 602 g/mol. The smallest absolute Gasteiger partial charge is 0.430 e. The molecule has 1 fully saturated rings. The van der Waals surface area contributed by atoms with Gasteiger partial charge in [-0.2, -0.15) is 26.3 Å². The second-order valence-corrected chi connectivity index (χ2v) is 13.0. The molecule has 2 aromatic carbocycles. The van der Waals surface area contributed by atoms with Crippen molar-refractivity contribution >= 4 is 33.3 Å². The van der Waals surface area contributed by atoms with Gasteiger partial charge in [-0.05, 0) is 62.9 Å². The molecule has 3 rings (SSSR count). The van der Waals surface area contributed by atoms with Crippen molar-refractivity contribution in [2.24, 2.45) is 5.92 Å². The Hall–Kier alpha value is -2.84. The number of quaternary nitrogens is 1. The Balaban J connectivity index is 0.000000745. The van der Waals surface area contributed by atoms with Crippen LogP contribution in [0.2, 0.25) is 5.02 Å². The highest BCUT2D eigenvalue weighted by Crippen LogP contribution is 2.39. The lowest BCUT2D eigenvalue weighted by Gasteiger charge is -2.40. The van der Waals surface area contributed by atoms with Gasteiger partial charge in [0.05, 0.1) is 21.6 Å². The summed E-state index contributed by atoms with van der Waals surface area (Å²) in [6, 6.07) is 10.8. The van der Waals surface area contributed by atoms with Crippen molar-refractivity contribution in [2.45, 2.75) is 61.1 Å². The minimum atomic E-state index is -5.19. The average Bonchev–Trinajstić information content (AvgIpc) is 2.88. The van der Waals surface area contributed by atoms with Crippen molar-refractivity contribution in [3.05, 3.63) is 64.7 Å². The topological polar surface area (TPSA) is 122 Å². The van der Waals surface area contributed by atoms with E-state index in [-0.39, 0.29) is 29.2 Å². The number of sulfone groups is 1. The summed E-state index contributed by atoms with van der Waals surface area (Å²) >= 11 is 5.90. The highest BCUT2D eigenvalue weighted by Gasteiger charge is 2.45. The van der Waals surface area contributed by atoms with Crippen molar-refractivity contribution in [1.82, 2.24) is 4.90 Å². The fourth-order valence-corrected chi connectivity index (χ4v) is 6.33. The van der Waals surface area contributed by atoms with E-state index < -0.39 is 38.5 Å². The van der Waals surface area contributed by atoms with Crippen LogP contribution >= 0.6 is 11.6 Å². The number of rotatable bonds is 6. The molecule has 228 valence electrons. The fourth-order valence-electron chi connectivity index (χ4n) is 4.38. The van der Waals surface area contributed by atoms with Crippen LogP contribution in [0.1, 0.15) is 50.3 Å². The maximum atomic E-state index is 13.3. The van der Waals surface area contributed by atoms with Crippen LogP contribution in [0.4, 0.5) is 26.3 Å². The van der Waals surface area contributed by atoms with Gasteiger partial charge in [0.2, 0.25) is 5.91 Å². The minimum absolute atomic E-state index is 0.0630. The largest absolute Gasteiger partial charge is 0.542 e. The Kier molecular flexibility index (Phi) is 10.9. The van der Waals surface area contributed by atoms with Crippen LogP contribution in [0.25, 0.3) is 0 Å². The second-order valence-electron chi connectivity index (χ2n) is 10.0. The molecule has 1 aliphatic rings. The van der Waals surface area contributed by atoms with E-state index >= 15 is 0 Å². The maximum Gasteiger partial charge on any atom is 0.430 e. The highest BCUT2D eigenvalue weighted by molar-refractivity contribution is 7.92. The zero-order chi connectivity index (χ0) is 31.4. The Bertz CT molecular complexity index is 1320. The van der Waals surface area contributed by atoms with Crippen molar-refractivity contribution < 1.29 is 55.2 Å². The number of carboxylic acid groups (broad SMARTS) is 1. The van der Waals surface area contributed by atoms with E-state index in [2.05, 4.69) is 5.73 Å². The van der Waals surface area contributed by atoms with E-state index in [9.17, 15) is 39.6 Å². The molecule has 0 unspecified atom stereocenters. The van der Waals surface area contributed by atoms with Gasteiger partial charge in [-0.3, -0.25) is 4.79 Å². The van der Waals surface area contributed by atoms with E-state index in [0.29, 0.717) is 37.0 Å². The van der Waals surface area contributed by atoms with Crippen LogP contribution in [0.5, 0.6) is 0 Å². The van der Waals surface area contributed by atoms with Crippen LogP contribution in [0.3, 0.4) is 0 Å². The van der Waals surface area contributed by atoms with E-state index in [0.717, 1.165) is 17.7 Å². The van der Waals surface area contributed by atoms with Gasteiger partial charge >= 0.3 is 12.4 Å². The van der Waals surface area contributed by atoms with Crippen LogP contribution in [0.15, 0.2) is 53.4 Å². The van der Waals surface area contributed by atoms with E-state index in [4.69, 9.17) is 21.5 Å². The first-order chi connectivity index (χ1) is 18.7. The number of halogens is 7. The van der Waals surface area contributed by atoms with Gasteiger partial charge in [-0.1, -0.05) is 29.8 Å². The first-order valence-electron chi connectivity index (χ1n) is 12.2. The Morgan fingerprint density at radius 2 is 1.54 bits per heavy atom. The van der Waals surface area contributed by atoms with E-state index in [1.165, 1.54) is 6.07 Å². The summed E-state index contributed by atoms with van der Waals surface area (Å²) < 4.78 is 96.2. The number of alkyl halides is 6. The van der Waals surface area contributed by atoms with E-state index in [1.54, 1.807) is 30.9 Å². The van der Waals surface area contributed by atoms with Gasteiger partial charge in [-0.15, -0.1) is 0 Å². The normalized spacial score (nSPS) is 16.0. The number of carboxylic acids is 1. The lowest BCUT2D eigenvalue weighted by Crippen LogP contribution is -2.56. The van der Waals surface area contributed by atoms with Gasteiger partial charge in [-0.25, -0.2) is 8.42 Å². The number of benzene rings is 2. The highest BCUT2D eigenvalue weighted by atomic mass is 35.5. The summed E-state index contributed by atoms with van der Waals surface area (Å²) in [5, 5.41) is 9.39. The maximum absolute atomic E-state index is 13.3. The zero-order valence-corrected chi connectivity index (χ0v) is 23.6. The third kappa shape index (κ3) is 8.82. The number of aliphatic carboxylic acids is 1. The van der Waals surface area contributed by atoms with Gasteiger partial charge in [0.25, 0.3) is 0 Å². The van der Waals surface area contributed by atoms with Crippen molar-refractivity contribution in [2.75, 3.05) is 13.1 Å². The monoisotopic (exact) mass is 630 g/mol. The molecule has 0 bridgehead atoms. The molecule has 1 heterocycles. The lowest BCUT2D eigenvalue weighted by atomic mass is 9.85. The van der Waals surface area contributed by atoms with Gasteiger partial charge in [0.1, 0.15) is 12.0 Å². The predicted octanol–water partition coefficient (Wildman–Crippen LogP) is 3.82. The number of carbonyl (C=O) groups is 2. The van der Waals surface area contributed by atoms with Crippen molar-refractivity contribution in [1.29, 1.82) is 0 Å². The molecule has 1 atom stereocenters. The van der Waals surface area contributed by atoms with Crippen LogP contribution < -0.4 is 10.8 Å². The van der Waals surface area contributed by atoms with Crippen LogP contribution in [-0.2, 0) is 25.6 Å². The first-order valence-corrected chi connectivity index (χ1v) is 14.1. The molecular formula is C26H29ClF6N2O5S. The molecule has 0 aliphatic carbocycles. The number of amides is 1. The molecule has 2 aromatic rings. The Labute approximate surface area is 238 Å². The number of likely N-dealkylation sites (tertiary alicyclic amines) is 1. The first kappa shape index (κ1) is 34.4. The molecule has 1 aliphatic heterocycles. The second kappa shape index (κ2) is 13.0. The molecule has 0 aromatic heterocycles. The predicted molar refractivity (Wildman–Crippen MR) is 135 cm³/mol. The minimum Gasteiger partial charge on any atom is -0.542 e. The van der Waals surface area contributed by atoms with Crippen molar-refractivity contribution in [3.63, 3.8) is 0 Å². The standard InChI is InChI=1S/C24H28ClF3N2O3S.C2HF3O2/c1-23(2,34(32,33)20-5-3-4-18(14-20)24(26,27)28)17-10-12-30(13-11-17)22(31)15-21(29)16-6-8-19(25)9-7-16;3-2(4,5)1(6)7/h3-9,14,17,21H,10-13,15,29H2,1-2H3;(H,6,7)/t21-;/m1./s1. The summed E-state index contributed by atoms with van der Waals surface area (Å²) in [4.78, 5) is 22.9. The number of hydrogen-bond acceptors (Lipinski definition) is 5. The average molecular weight is 631 g/mol. The Morgan fingerprint density at radius 3 is 2.00 bits per heavy atom. The van der Waals surface area contributed by atoms with E-state index in [1.807, 2.05) is 12.1 Å². The number of hydrogen-bond donors (Lipinski definition) is 1. The van der Waals surface area contributed by atoms with Crippen LogP contribution in [0, 0.1) is 5.92 Å². The molecule has 7 nitrogen and oxygen atoms in total. The summed E-state index contributed by atoms with van der Waals surface area (Å²) in [6.07, 6.45) is -8.71. The summed E-state index contributed by atoms with van der Waals surface area (Å²) in [7, 11) is -4.04. The van der Waals surface area contributed by atoms with Gasteiger partial charge in [0, 0.05) is 23.7 Å². The number of nitrogens with zero attached hydrogens (tertiary/aromatic N) is 1. The summed E-state index contributed by atoms with van der Waals surface area (Å²) in [5.74, 6) is -3.37. The van der Waals surface area contributed by atoms with Gasteiger partial charge < -0.3 is 20.5 Å². The fraction of sp³-hybridized carbons (Fsp3) is 0.462. The molecule has 15 heteroatoms. The third-order valence-corrected chi connectivity index (χ3v) is 9.83. The number of carbonyl (C=O) groups excluding carboxylic acids is 2. The van der Waals surface area contributed by atoms with Crippen LogP contribution in [-0.4, -0.2) is 49.2 Å². The molecule has 1 amide bonds. The molecule has 3 N–H and O–H groups in total. The quantitative estimate of drug-likeness (QED) is 0.487. The number of piperidine rings is 1. The molecule has 0 saturated carbocycles. The summed E-state index contributed by atoms with van der Waals surface area (Å²) in [6.45, 7) is 3.88. The van der Waals surface area contributed by atoms with Crippen molar-refractivity contribution in [3.8, 4) is 0 Å². The third-order valence-electron chi connectivity index (χ3n) is 6.99. The SMILES string of the molecule is CC(C)(C1CCN(C(=O)C[C@@H]([NH3+])c2ccc(Cl)cc2)CC1)S(=O)(=O)c1cccc(C(F)(F)F)c1.O=C([O-])C(F)(F)F. The molecule has 0 spiro atoms. The Morgan fingerprint density at radius 1 is 1.02 bits per heavy atom. The van der Waals surface area contributed by atoms with Gasteiger partial charge in [0.15, 0.2) is 9.84 Å². The zero-order valence-electron chi connectivity index (χ0n) is 22.1. The molecule has 0 radical (unpaired) electrons. The molecule has 1 saturated heterocycles. The summed E-state index contributed by atoms with van der Waals surface area (Å²) in [5.41, 5.74) is 3.98. The lowest BCUT2D eigenvalue weighted by molar-refractivity contribution is -0.425. The molecule has 41 heavy (non-hydrogen) atoms.